The van der Waals surface area contributed by atoms with Crippen molar-refractivity contribution in [1.82, 2.24) is 10.6 Å². The van der Waals surface area contributed by atoms with E-state index in [0.29, 0.717) is 6.42 Å². The third-order valence-corrected chi connectivity index (χ3v) is 6.00. The van der Waals surface area contributed by atoms with Gasteiger partial charge >= 0.3 is 12.1 Å². The minimum atomic E-state index is -1.20. The number of ether oxygens (including phenoxy) is 1. The van der Waals surface area contributed by atoms with Crippen molar-refractivity contribution in [3.8, 4) is 23.5 Å². The van der Waals surface area contributed by atoms with E-state index >= 15 is 0 Å². The molecule has 2 aromatic carbocycles. The molecule has 0 fully saturated rings. The van der Waals surface area contributed by atoms with Gasteiger partial charge in [-0.1, -0.05) is 69.3 Å². The Balaban J connectivity index is 1.62. The quantitative estimate of drug-likeness (QED) is 0.471. The SMILES string of the molecule is C#CCC(NC(=O)C(CNC(=O)OCC1c2ccccc2-c2ccccc21)CC(C)(C)C)C(=O)O. The van der Waals surface area contributed by atoms with E-state index < -0.39 is 29.9 Å². The van der Waals surface area contributed by atoms with Crippen LogP contribution in [0.2, 0.25) is 0 Å². The van der Waals surface area contributed by atoms with Crippen LogP contribution < -0.4 is 10.6 Å². The number of carboxylic acids is 1. The monoisotopic (exact) mass is 476 g/mol. The maximum Gasteiger partial charge on any atom is 0.407 e. The number of carboxylic acid groups (broad SMARTS) is 1. The van der Waals surface area contributed by atoms with Crippen molar-refractivity contribution in [2.45, 2.75) is 45.6 Å². The zero-order chi connectivity index (χ0) is 25.6. The molecule has 0 bridgehead atoms. The van der Waals surface area contributed by atoms with Crippen LogP contribution in [0, 0.1) is 23.7 Å². The number of nitrogens with one attached hydrogen (secondary N) is 2. The molecule has 3 rings (SSSR count). The second-order valence-electron chi connectivity index (χ2n) is 9.98. The van der Waals surface area contributed by atoms with Gasteiger partial charge in [-0.15, -0.1) is 12.3 Å². The van der Waals surface area contributed by atoms with Crippen molar-refractivity contribution in [2.24, 2.45) is 11.3 Å². The van der Waals surface area contributed by atoms with Gasteiger partial charge in [0.1, 0.15) is 12.6 Å². The van der Waals surface area contributed by atoms with Crippen molar-refractivity contribution in [2.75, 3.05) is 13.2 Å². The van der Waals surface area contributed by atoms with Crippen LogP contribution in [0.5, 0.6) is 0 Å². The molecule has 1 aliphatic rings. The van der Waals surface area contributed by atoms with Crippen LogP contribution in [0.15, 0.2) is 48.5 Å². The summed E-state index contributed by atoms with van der Waals surface area (Å²) in [7, 11) is 0. The number of hydrogen-bond acceptors (Lipinski definition) is 4. The molecule has 0 aliphatic heterocycles. The van der Waals surface area contributed by atoms with Crippen molar-refractivity contribution in [3.05, 3.63) is 59.7 Å². The summed E-state index contributed by atoms with van der Waals surface area (Å²) in [5.74, 6) is -0.116. The minimum Gasteiger partial charge on any atom is -0.480 e. The topological polar surface area (TPSA) is 105 Å². The third-order valence-electron chi connectivity index (χ3n) is 6.00. The van der Waals surface area contributed by atoms with E-state index in [1.165, 1.54) is 0 Å². The molecule has 0 saturated heterocycles. The molecule has 0 aromatic heterocycles. The van der Waals surface area contributed by atoms with Gasteiger partial charge in [-0.2, -0.15) is 0 Å². The lowest BCUT2D eigenvalue weighted by molar-refractivity contribution is -0.142. The van der Waals surface area contributed by atoms with Gasteiger partial charge in [-0.25, -0.2) is 9.59 Å². The van der Waals surface area contributed by atoms with Gasteiger partial charge < -0.3 is 20.5 Å². The molecule has 2 amide bonds. The molecule has 3 N–H and O–H groups in total. The number of hydrogen-bond donors (Lipinski definition) is 3. The molecule has 0 saturated carbocycles. The van der Waals surface area contributed by atoms with Crippen molar-refractivity contribution in [3.63, 3.8) is 0 Å². The summed E-state index contributed by atoms with van der Waals surface area (Å²) in [4.78, 5) is 36.8. The molecule has 35 heavy (non-hydrogen) atoms. The molecule has 7 heteroatoms. The molecule has 7 nitrogen and oxygen atoms in total. The molecule has 1 aliphatic carbocycles. The highest BCUT2D eigenvalue weighted by Gasteiger charge is 2.31. The van der Waals surface area contributed by atoms with E-state index in [4.69, 9.17) is 11.2 Å². The number of amides is 2. The van der Waals surface area contributed by atoms with Crippen LogP contribution in [0.4, 0.5) is 4.79 Å². The Labute approximate surface area is 206 Å². The second-order valence-corrected chi connectivity index (χ2v) is 9.98. The average molecular weight is 477 g/mol. The summed E-state index contributed by atoms with van der Waals surface area (Å²) >= 11 is 0. The van der Waals surface area contributed by atoms with Gasteiger partial charge in [0, 0.05) is 18.9 Å². The summed E-state index contributed by atoms with van der Waals surface area (Å²) in [5, 5.41) is 14.5. The molecule has 2 atom stereocenters. The molecular formula is C28H32N2O5. The Morgan fingerprint density at radius 3 is 2.14 bits per heavy atom. The predicted octanol–water partition coefficient (Wildman–Crippen LogP) is 4.17. The van der Waals surface area contributed by atoms with Crippen LogP contribution in [0.1, 0.15) is 50.7 Å². The van der Waals surface area contributed by atoms with Gasteiger partial charge in [0.2, 0.25) is 5.91 Å². The van der Waals surface area contributed by atoms with E-state index in [1.807, 2.05) is 57.2 Å². The number of alkyl carbamates (subject to hydrolysis) is 1. The Morgan fingerprint density at radius 1 is 1.06 bits per heavy atom. The van der Waals surface area contributed by atoms with E-state index in [-0.39, 0.29) is 30.9 Å². The fourth-order valence-corrected chi connectivity index (χ4v) is 4.46. The van der Waals surface area contributed by atoms with E-state index in [2.05, 4.69) is 28.7 Å². The Morgan fingerprint density at radius 2 is 1.63 bits per heavy atom. The molecule has 184 valence electrons. The standard InChI is InChI=1S/C28H32N2O5/c1-5-10-24(26(32)33)30-25(31)18(15-28(2,3)4)16-29-27(34)35-17-23-21-13-8-6-11-19(21)20-12-7-9-14-22(20)23/h1,6-9,11-14,18,23-24H,10,15-17H2,2-4H3,(H,29,34)(H,30,31)(H,32,33). The predicted molar refractivity (Wildman–Crippen MR) is 134 cm³/mol. The summed E-state index contributed by atoms with van der Waals surface area (Å²) in [6.45, 7) is 6.09. The van der Waals surface area contributed by atoms with Gasteiger partial charge in [-0.3, -0.25) is 4.79 Å². The van der Waals surface area contributed by atoms with Crippen LogP contribution in [-0.2, 0) is 14.3 Å². The minimum absolute atomic E-state index is 0.0160. The molecule has 2 aromatic rings. The summed E-state index contributed by atoms with van der Waals surface area (Å²) in [6, 6.07) is 15.0. The number of rotatable bonds is 9. The molecule has 0 heterocycles. The summed E-state index contributed by atoms with van der Waals surface area (Å²) in [5.41, 5.74) is 4.27. The van der Waals surface area contributed by atoms with Crippen LogP contribution in [0.3, 0.4) is 0 Å². The lowest BCUT2D eigenvalue weighted by atomic mass is 9.84. The highest BCUT2D eigenvalue weighted by Crippen LogP contribution is 2.44. The number of carbonyl (C=O) groups is 3. The number of terminal acetylenes is 1. The fourth-order valence-electron chi connectivity index (χ4n) is 4.46. The zero-order valence-electron chi connectivity index (χ0n) is 20.3. The Kier molecular flexibility index (Phi) is 8.18. The summed E-state index contributed by atoms with van der Waals surface area (Å²) < 4.78 is 5.56. The summed E-state index contributed by atoms with van der Waals surface area (Å²) in [6.07, 6.45) is 4.91. The number of aliphatic carboxylic acids is 1. The lowest BCUT2D eigenvalue weighted by Gasteiger charge is -2.26. The van der Waals surface area contributed by atoms with Crippen LogP contribution in [-0.4, -0.2) is 42.3 Å². The van der Waals surface area contributed by atoms with Crippen LogP contribution in [0.25, 0.3) is 11.1 Å². The van der Waals surface area contributed by atoms with Gasteiger partial charge in [-0.05, 0) is 34.1 Å². The maximum absolute atomic E-state index is 12.8. The molecule has 0 radical (unpaired) electrons. The third kappa shape index (κ3) is 6.63. The second kappa shape index (κ2) is 11.1. The van der Waals surface area contributed by atoms with Crippen molar-refractivity contribution < 1.29 is 24.2 Å². The van der Waals surface area contributed by atoms with E-state index in [9.17, 15) is 19.5 Å². The maximum atomic E-state index is 12.8. The van der Waals surface area contributed by atoms with Gasteiger partial charge in [0.15, 0.2) is 0 Å². The van der Waals surface area contributed by atoms with E-state index in [0.717, 1.165) is 22.3 Å². The Hall–Kier alpha value is -3.79. The smallest absolute Gasteiger partial charge is 0.407 e. The molecule has 2 unspecified atom stereocenters. The first-order valence-corrected chi connectivity index (χ1v) is 11.7. The number of benzene rings is 2. The lowest BCUT2D eigenvalue weighted by Crippen LogP contribution is -2.47. The van der Waals surface area contributed by atoms with Gasteiger partial charge in [0.05, 0.1) is 5.92 Å². The first kappa shape index (κ1) is 25.8. The van der Waals surface area contributed by atoms with Crippen LogP contribution >= 0.6 is 0 Å². The fraction of sp³-hybridized carbons (Fsp3) is 0.393. The first-order valence-electron chi connectivity index (χ1n) is 11.7. The molecular weight excluding hydrogens is 444 g/mol. The number of carbonyl (C=O) groups excluding carboxylic acids is 2. The van der Waals surface area contributed by atoms with E-state index in [1.54, 1.807) is 0 Å². The number of fused-ring (bicyclic) bond motifs is 3. The zero-order valence-corrected chi connectivity index (χ0v) is 20.3. The normalized spacial score (nSPS) is 14.1. The Bertz CT molecular complexity index is 1080. The average Bonchev–Trinajstić information content (AvgIpc) is 3.13. The highest BCUT2D eigenvalue weighted by molar-refractivity contribution is 5.85. The van der Waals surface area contributed by atoms with Gasteiger partial charge in [0.25, 0.3) is 0 Å². The van der Waals surface area contributed by atoms with Crippen molar-refractivity contribution in [1.29, 1.82) is 0 Å². The largest absolute Gasteiger partial charge is 0.480 e. The van der Waals surface area contributed by atoms with Crippen molar-refractivity contribution >= 4 is 18.0 Å². The highest BCUT2D eigenvalue weighted by atomic mass is 16.5. The molecule has 0 spiro atoms. The first-order chi connectivity index (χ1) is 16.6.